The fourth-order valence-corrected chi connectivity index (χ4v) is 1.90. The van der Waals surface area contributed by atoms with Crippen molar-refractivity contribution in [3.05, 3.63) is 72.6 Å². The molecule has 0 fully saturated rings. The maximum atomic E-state index is 14.0. The summed E-state index contributed by atoms with van der Waals surface area (Å²) in [7, 11) is 0. The first kappa shape index (κ1) is 13.0. The standard InChI is InChI=1S/C15H11FN4O/c16-13-8-12(6-7-14(13)20-10-17-9-18-20)19-15(21)11-4-2-1-3-5-11/h1-10H,(H,19,21). The van der Waals surface area contributed by atoms with E-state index < -0.39 is 5.82 Å². The third-order valence-corrected chi connectivity index (χ3v) is 2.91. The molecule has 1 aromatic heterocycles. The molecule has 0 unspecified atom stereocenters. The predicted octanol–water partition coefficient (Wildman–Crippen LogP) is 2.66. The monoisotopic (exact) mass is 282 g/mol. The Morgan fingerprint density at radius 3 is 2.62 bits per heavy atom. The molecule has 104 valence electrons. The highest BCUT2D eigenvalue weighted by Crippen LogP contribution is 2.18. The van der Waals surface area contributed by atoms with Crippen LogP contribution in [0.3, 0.4) is 0 Å². The molecule has 3 rings (SSSR count). The van der Waals surface area contributed by atoms with Crippen LogP contribution in [0.25, 0.3) is 5.69 Å². The molecule has 0 aliphatic heterocycles. The third kappa shape index (κ3) is 2.79. The normalized spacial score (nSPS) is 10.3. The topological polar surface area (TPSA) is 59.8 Å². The molecule has 1 amide bonds. The number of carbonyl (C=O) groups is 1. The second kappa shape index (κ2) is 5.54. The van der Waals surface area contributed by atoms with Gasteiger partial charge in [-0.1, -0.05) is 18.2 Å². The molecule has 1 N–H and O–H groups in total. The van der Waals surface area contributed by atoms with E-state index in [2.05, 4.69) is 15.4 Å². The Morgan fingerprint density at radius 1 is 1.14 bits per heavy atom. The van der Waals surface area contributed by atoms with Gasteiger partial charge < -0.3 is 5.32 Å². The van der Waals surface area contributed by atoms with Crippen molar-refractivity contribution in [2.24, 2.45) is 0 Å². The van der Waals surface area contributed by atoms with Crippen molar-refractivity contribution < 1.29 is 9.18 Å². The van der Waals surface area contributed by atoms with E-state index in [-0.39, 0.29) is 11.6 Å². The summed E-state index contributed by atoms with van der Waals surface area (Å²) in [5, 5.41) is 6.51. The van der Waals surface area contributed by atoms with Crippen molar-refractivity contribution in [1.29, 1.82) is 0 Å². The van der Waals surface area contributed by atoms with Crippen LogP contribution in [0.2, 0.25) is 0 Å². The van der Waals surface area contributed by atoms with E-state index in [1.54, 1.807) is 30.3 Å². The number of carbonyl (C=O) groups excluding carboxylic acids is 1. The predicted molar refractivity (Wildman–Crippen MR) is 75.7 cm³/mol. The van der Waals surface area contributed by atoms with E-state index in [1.807, 2.05) is 6.07 Å². The van der Waals surface area contributed by atoms with Crippen LogP contribution in [0.5, 0.6) is 0 Å². The fourth-order valence-electron chi connectivity index (χ4n) is 1.90. The van der Waals surface area contributed by atoms with Crippen LogP contribution in [0, 0.1) is 5.82 Å². The zero-order valence-corrected chi connectivity index (χ0v) is 10.9. The maximum absolute atomic E-state index is 14.0. The number of benzene rings is 2. The Labute approximate surface area is 120 Å². The first-order valence-electron chi connectivity index (χ1n) is 6.25. The molecule has 21 heavy (non-hydrogen) atoms. The lowest BCUT2D eigenvalue weighted by Crippen LogP contribution is -2.12. The first-order valence-corrected chi connectivity index (χ1v) is 6.25. The van der Waals surface area contributed by atoms with Gasteiger partial charge in [0, 0.05) is 11.3 Å². The van der Waals surface area contributed by atoms with Crippen LogP contribution >= 0.6 is 0 Å². The quantitative estimate of drug-likeness (QED) is 0.803. The van der Waals surface area contributed by atoms with Crippen molar-refractivity contribution in [3.8, 4) is 5.69 Å². The van der Waals surface area contributed by atoms with Gasteiger partial charge >= 0.3 is 0 Å². The van der Waals surface area contributed by atoms with Crippen molar-refractivity contribution in [1.82, 2.24) is 14.8 Å². The number of halogens is 1. The summed E-state index contributed by atoms with van der Waals surface area (Å²) >= 11 is 0. The largest absolute Gasteiger partial charge is 0.322 e. The number of rotatable bonds is 3. The molecule has 5 nitrogen and oxygen atoms in total. The molecule has 0 aliphatic carbocycles. The van der Waals surface area contributed by atoms with E-state index in [4.69, 9.17) is 0 Å². The van der Waals surface area contributed by atoms with Gasteiger partial charge in [-0.05, 0) is 30.3 Å². The first-order chi connectivity index (χ1) is 10.2. The molecule has 1 heterocycles. The van der Waals surface area contributed by atoms with Gasteiger partial charge in [0.05, 0.1) is 0 Å². The average molecular weight is 282 g/mol. The Kier molecular flexibility index (Phi) is 3.42. The van der Waals surface area contributed by atoms with Crippen LogP contribution in [0.4, 0.5) is 10.1 Å². The summed E-state index contributed by atoms with van der Waals surface area (Å²) in [5.74, 6) is -0.783. The molecular weight excluding hydrogens is 271 g/mol. The molecule has 6 heteroatoms. The number of aromatic nitrogens is 3. The zero-order chi connectivity index (χ0) is 14.7. The second-order valence-electron chi connectivity index (χ2n) is 4.33. The lowest BCUT2D eigenvalue weighted by Gasteiger charge is -2.07. The average Bonchev–Trinajstić information content (AvgIpc) is 3.02. The van der Waals surface area contributed by atoms with Gasteiger partial charge in [0.15, 0.2) is 5.82 Å². The molecule has 0 spiro atoms. The van der Waals surface area contributed by atoms with E-state index in [0.29, 0.717) is 11.3 Å². The van der Waals surface area contributed by atoms with Gasteiger partial charge in [0.2, 0.25) is 0 Å². The molecule has 0 saturated heterocycles. The minimum absolute atomic E-state index is 0.269. The summed E-state index contributed by atoms with van der Waals surface area (Å²) < 4.78 is 15.3. The third-order valence-electron chi connectivity index (χ3n) is 2.91. The SMILES string of the molecule is O=C(Nc1ccc(-n2cncn2)c(F)c1)c1ccccc1. The van der Waals surface area contributed by atoms with Gasteiger partial charge in [-0.2, -0.15) is 5.10 Å². The smallest absolute Gasteiger partial charge is 0.255 e. The highest BCUT2D eigenvalue weighted by molar-refractivity contribution is 6.04. The Morgan fingerprint density at radius 2 is 1.95 bits per heavy atom. The molecule has 2 aromatic carbocycles. The Hall–Kier alpha value is -3.02. The van der Waals surface area contributed by atoms with Crippen LogP contribution in [-0.4, -0.2) is 20.7 Å². The van der Waals surface area contributed by atoms with Gasteiger partial charge in [0.25, 0.3) is 5.91 Å². The highest BCUT2D eigenvalue weighted by Gasteiger charge is 2.09. The number of amides is 1. The van der Waals surface area contributed by atoms with Crippen LogP contribution in [-0.2, 0) is 0 Å². The summed E-state index contributed by atoms with van der Waals surface area (Å²) in [6.07, 6.45) is 2.73. The van der Waals surface area contributed by atoms with Crippen molar-refractivity contribution in [2.75, 3.05) is 5.32 Å². The molecule has 0 saturated carbocycles. The molecule has 3 aromatic rings. The van der Waals surface area contributed by atoms with E-state index in [1.165, 1.54) is 29.5 Å². The second-order valence-corrected chi connectivity index (χ2v) is 4.33. The molecule has 0 radical (unpaired) electrons. The van der Waals surface area contributed by atoms with Gasteiger partial charge in [-0.15, -0.1) is 0 Å². The minimum Gasteiger partial charge on any atom is -0.322 e. The van der Waals surface area contributed by atoms with E-state index >= 15 is 0 Å². The summed E-state index contributed by atoms with van der Waals surface area (Å²) in [6, 6.07) is 13.1. The van der Waals surface area contributed by atoms with Gasteiger partial charge in [0.1, 0.15) is 18.3 Å². The van der Waals surface area contributed by atoms with Gasteiger partial charge in [-0.25, -0.2) is 14.1 Å². The van der Waals surface area contributed by atoms with Crippen LogP contribution < -0.4 is 5.32 Å². The number of nitrogens with one attached hydrogen (secondary N) is 1. The van der Waals surface area contributed by atoms with Crippen molar-refractivity contribution in [2.45, 2.75) is 0 Å². The van der Waals surface area contributed by atoms with Gasteiger partial charge in [-0.3, -0.25) is 4.79 Å². The number of anilines is 1. The summed E-state index contributed by atoms with van der Waals surface area (Å²) in [6.45, 7) is 0. The minimum atomic E-state index is -0.494. The molecular formula is C15H11FN4O. The number of hydrogen-bond donors (Lipinski definition) is 1. The summed E-state index contributed by atoms with van der Waals surface area (Å²) in [5.41, 5.74) is 1.16. The molecule has 0 atom stereocenters. The lowest BCUT2D eigenvalue weighted by molar-refractivity contribution is 0.102. The lowest BCUT2D eigenvalue weighted by atomic mass is 10.2. The zero-order valence-electron chi connectivity index (χ0n) is 10.9. The number of hydrogen-bond acceptors (Lipinski definition) is 3. The van der Waals surface area contributed by atoms with Crippen molar-refractivity contribution in [3.63, 3.8) is 0 Å². The highest BCUT2D eigenvalue weighted by atomic mass is 19.1. The van der Waals surface area contributed by atoms with Crippen molar-refractivity contribution >= 4 is 11.6 Å². The Balaban J connectivity index is 1.81. The molecule has 0 bridgehead atoms. The van der Waals surface area contributed by atoms with E-state index in [0.717, 1.165) is 0 Å². The van der Waals surface area contributed by atoms with E-state index in [9.17, 15) is 9.18 Å². The van der Waals surface area contributed by atoms with Crippen LogP contribution in [0.1, 0.15) is 10.4 Å². The number of nitrogens with zero attached hydrogens (tertiary/aromatic N) is 3. The maximum Gasteiger partial charge on any atom is 0.255 e. The molecule has 0 aliphatic rings. The summed E-state index contributed by atoms with van der Waals surface area (Å²) in [4.78, 5) is 15.7. The van der Waals surface area contributed by atoms with Crippen LogP contribution in [0.15, 0.2) is 61.2 Å². The fraction of sp³-hybridized carbons (Fsp3) is 0. The Bertz CT molecular complexity index is 757.